The van der Waals surface area contributed by atoms with Crippen molar-refractivity contribution in [2.24, 2.45) is 5.92 Å². The lowest BCUT2D eigenvalue weighted by Gasteiger charge is -2.33. The highest BCUT2D eigenvalue weighted by Gasteiger charge is 2.28. The number of nitrogens with one attached hydrogen (secondary N) is 2. The first-order valence-corrected chi connectivity index (χ1v) is 11.1. The van der Waals surface area contributed by atoms with Crippen LogP contribution in [0.5, 0.6) is 0 Å². The molecule has 0 bridgehead atoms. The smallest absolute Gasteiger partial charge is 0.410 e. The minimum atomic E-state index is -0.499. The summed E-state index contributed by atoms with van der Waals surface area (Å²) in [5.41, 5.74) is 2.95. The van der Waals surface area contributed by atoms with Crippen LogP contribution in [0.2, 0.25) is 0 Å². The van der Waals surface area contributed by atoms with Gasteiger partial charge < -0.3 is 19.9 Å². The predicted molar refractivity (Wildman–Crippen MR) is 125 cm³/mol. The number of likely N-dealkylation sites (tertiary alicyclic amines) is 1. The number of anilines is 1. The molecule has 7 nitrogen and oxygen atoms in total. The number of hydrogen-bond donors (Lipinski definition) is 2. The third-order valence-corrected chi connectivity index (χ3v) is 5.59. The van der Waals surface area contributed by atoms with Crippen LogP contribution < -0.4 is 5.32 Å². The predicted octanol–water partition coefficient (Wildman–Crippen LogP) is 5.21. The fraction of sp³-hybridized carbons (Fsp3) is 0.400. The van der Waals surface area contributed by atoms with Gasteiger partial charge in [-0.05, 0) is 63.8 Å². The van der Waals surface area contributed by atoms with Gasteiger partial charge in [0.1, 0.15) is 11.4 Å². The molecule has 1 saturated heterocycles. The van der Waals surface area contributed by atoms with E-state index in [1.165, 1.54) is 0 Å². The molecule has 2 heterocycles. The van der Waals surface area contributed by atoms with E-state index in [1.807, 2.05) is 69.3 Å². The van der Waals surface area contributed by atoms with Crippen LogP contribution in [0.15, 0.2) is 48.5 Å². The number of nitrogens with zero attached hydrogens (tertiary/aromatic N) is 2. The summed E-state index contributed by atoms with van der Waals surface area (Å²) in [6.07, 6.45) is 1.73. The van der Waals surface area contributed by atoms with Gasteiger partial charge in [0.15, 0.2) is 0 Å². The van der Waals surface area contributed by atoms with Crippen molar-refractivity contribution in [3.8, 4) is 11.4 Å². The highest BCUT2D eigenvalue weighted by atomic mass is 16.6. The summed E-state index contributed by atoms with van der Waals surface area (Å²) in [7, 11) is 0. The third kappa shape index (κ3) is 5.28. The normalized spacial score (nSPS) is 15.0. The van der Waals surface area contributed by atoms with E-state index in [0.29, 0.717) is 19.5 Å². The molecule has 0 radical (unpaired) electrons. The van der Waals surface area contributed by atoms with Crippen LogP contribution in [-0.2, 0) is 9.53 Å². The van der Waals surface area contributed by atoms with Crippen molar-refractivity contribution in [1.29, 1.82) is 0 Å². The van der Waals surface area contributed by atoms with Crippen LogP contribution in [-0.4, -0.2) is 45.6 Å². The fourth-order valence-corrected chi connectivity index (χ4v) is 3.99. The number of aromatic nitrogens is 2. The number of carbonyl (C=O) groups is 2. The summed E-state index contributed by atoms with van der Waals surface area (Å²) in [6.45, 7) is 6.83. The van der Waals surface area contributed by atoms with E-state index in [4.69, 9.17) is 4.74 Å². The second kappa shape index (κ2) is 9.02. The molecule has 3 aromatic rings. The molecule has 4 rings (SSSR count). The maximum atomic E-state index is 12.8. The van der Waals surface area contributed by atoms with Crippen molar-refractivity contribution >= 4 is 28.7 Å². The SMILES string of the molecule is CC(C)(C)OC(=O)N1CCC(CC(=O)Nc2ccccc2-c2nc3ccccc3[nH]2)CC1. The number of amides is 2. The van der Waals surface area contributed by atoms with Gasteiger partial charge in [-0.25, -0.2) is 9.78 Å². The van der Waals surface area contributed by atoms with Crippen LogP contribution >= 0.6 is 0 Å². The molecular weight excluding hydrogens is 404 g/mol. The first-order valence-electron chi connectivity index (χ1n) is 11.1. The Bertz CT molecular complexity index is 1070. The molecule has 2 amide bonds. The molecular formula is C25H30N4O3. The zero-order chi connectivity index (χ0) is 22.7. The van der Waals surface area contributed by atoms with Gasteiger partial charge in [-0.1, -0.05) is 24.3 Å². The monoisotopic (exact) mass is 434 g/mol. The Morgan fingerprint density at radius 3 is 2.50 bits per heavy atom. The van der Waals surface area contributed by atoms with Crippen LogP contribution in [0, 0.1) is 5.92 Å². The fourth-order valence-electron chi connectivity index (χ4n) is 3.99. The second-order valence-electron chi connectivity index (χ2n) is 9.31. The Morgan fingerprint density at radius 2 is 1.78 bits per heavy atom. The third-order valence-electron chi connectivity index (χ3n) is 5.59. The molecule has 32 heavy (non-hydrogen) atoms. The van der Waals surface area contributed by atoms with Crippen LogP contribution in [0.25, 0.3) is 22.4 Å². The molecule has 0 unspecified atom stereocenters. The lowest BCUT2D eigenvalue weighted by atomic mass is 9.93. The lowest BCUT2D eigenvalue weighted by molar-refractivity contribution is -0.117. The molecule has 1 fully saturated rings. The number of hydrogen-bond acceptors (Lipinski definition) is 4. The summed E-state index contributed by atoms with van der Waals surface area (Å²) >= 11 is 0. The number of carbonyl (C=O) groups excluding carboxylic acids is 2. The molecule has 0 spiro atoms. The van der Waals surface area contributed by atoms with Crippen molar-refractivity contribution in [2.45, 2.75) is 45.6 Å². The maximum absolute atomic E-state index is 12.8. The largest absolute Gasteiger partial charge is 0.444 e. The van der Waals surface area contributed by atoms with Crippen molar-refractivity contribution in [1.82, 2.24) is 14.9 Å². The number of H-pyrrole nitrogens is 1. The van der Waals surface area contributed by atoms with E-state index in [9.17, 15) is 9.59 Å². The summed E-state index contributed by atoms with van der Waals surface area (Å²) in [5, 5.41) is 3.06. The standard InChI is InChI=1S/C25H30N4O3/c1-25(2,3)32-24(31)29-14-12-17(13-15-29)16-22(30)26-19-9-5-4-8-18(19)23-27-20-10-6-7-11-21(20)28-23/h4-11,17H,12-16H2,1-3H3,(H,26,30)(H,27,28). The lowest BCUT2D eigenvalue weighted by Crippen LogP contribution is -2.42. The van der Waals surface area contributed by atoms with Crippen LogP contribution in [0.4, 0.5) is 10.5 Å². The van der Waals surface area contributed by atoms with Gasteiger partial charge in [-0.15, -0.1) is 0 Å². The topological polar surface area (TPSA) is 87.3 Å². The Kier molecular flexibility index (Phi) is 6.17. The minimum absolute atomic E-state index is 0.0238. The Balaban J connectivity index is 1.36. The van der Waals surface area contributed by atoms with Crippen molar-refractivity contribution in [3.63, 3.8) is 0 Å². The summed E-state index contributed by atoms with van der Waals surface area (Å²) in [5.74, 6) is 0.948. The first-order chi connectivity index (χ1) is 15.3. The van der Waals surface area contributed by atoms with Gasteiger partial charge in [0.25, 0.3) is 0 Å². The van der Waals surface area contributed by atoms with Crippen molar-refractivity contribution in [3.05, 3.63) is 48.5 Å². The van der Waals surface area contributed by atoms with Gasteiger partial charge in [0, 0.05) is 25.1 Å². The zero-order valence-corrected chi connectivity index (χ0v) is 18.9. The molecule has 1 aromatic heterocycles. The average Bonchev–Trinajstić information content (AvgIpc) is 3.17. The Morgan fingerprint density at radius 1 is 1.09 bits per heavy atom. The van der Waals surface area contributed by atoms with Gasteiger partial charge in [-0.3, -0.25) is 4.79 Å². The van der Waals surface area contributed by atoms with E-state index in [2.05, 4.69) is 15.3 Å². The molecule has 0 atom stereocenters. The minimum Gasteiger partial charge on any atom is -0.444 e. The molecule has 2 N–H and O–H groups in total. The first kappa shape index (κ1) is 21.9. The van der Waals surface area contributed by atoms with E-state index < -0.39 is 5.60 Å². The summed E-state index contributed by atoms with van der Waals surface area (Å²) in [6, 6.07) is 15.5. The van der Waals surface area contributed by atoms with Gasteiger partial charge >= 0.3 is 6.09 Å². The van der Waals surface area contributed by atoms with E-state index >= 15 is 0 Å². The van der Waals surface area contributed by atoms with Crippen LogP contribution in [0.1, 0.15) is 40.0 Å². The summed E-state index contributed by atoms with van der Waals surface area (Å²) < 4.78 is 5.45. The number of ether oxygens (including phenoxy) is 1. The molecule has 168 valence electrons. The zero-order valence-electron chi connectivity index (χ0n) is 18.9. The highest BCUT2D eigenvalue weighted by molar-refractivity contribution is 5.95. The number of rotatable bonds is 4. The number of fused-ring (bicyclic) bond motifs is 1. The van der Waals surface area contributed by atoms with Gasteiger partial charge in [0.05, 0.1) is 16.7 Å². The quantitative estimate of drug-likeness (QED) is 0.590. The molecule has 2 aromatic carbocycles. The molecule has 0 saturated carbocycles. The second-order valence-corrected chi connectivity index (χ2v) is 9.31. The number of para-hydroxylation sites is 3. The van der Waals surface area contributed by atoms with Crippen molar-refractivity contribution in [2.75, 3.05) is 18.4 Å². The summed E-state index contributed by atoms with van der Waals surface area (Å²) in [4.78, 5) is 34.7. The van der Waals surface area contributed by atoms with E-state index in [-0.39, 0.29) is 17.9 Å². The molecule has 7 heteroatoms. The maximum Gasteiger partial charge on any atom is 0.410 e. The van der Waals surface area contributed by atoms with Gasteiger partial charge in [0.2, 0.25) is 5.91 Å². The van der Waals surface area contributed by atoms with Crippen LogP contribution in [0.3, 0.4) is 0 Å². The number of benzene rings is 2. The number of imidazole rings is 1. The number of aromatic amines is 1. The van der Waals surface area contributed by atoms with E-state index in [0.717, 1.165) is 41.0 Å². The van der Waals surface area contributed by atoms with E-state index in [1.54, 1.807) is 4.90 Å². The Hall–Kier alpha value is -3.35. The Labute approximate surface area is 188 Å². The average molecular weight is 435 g/mol. The highest BCUT2D eigenvalue weighted by Crippen LogP contribution is 2.29. The van der Waals surface area contributed by atoms with Gasteiger partial charge in [-0.2, -0.15) is 0 Å². The molecule has 0 aliphatic carbocycles. The molecule has 1 aliphatic heterocycles. The number of piperidine rings is 1. The molecule has 1 aliphatic rings. The van der Waals surface area contributed by atoms with Crippen molar-refractivity contribution < 1.29 is 14.3 Å².